The lowest BCUT2D eigenvalue weighted by molar-refractivity contribution is -0.112. The van der Waals surface area contributed by atoms with E-state index in [2.05, 4.69) is 0 Å². The zero-order valence-electron chi connectivity index (χ0n) is 6.38. The first kappa shape index (κ1) is 9.88. The highest BCUT2D eigenvalue weighted by Gasteiger charge is 2.01. The number of unbranched alkanes of at least 4 members (excludes halogenated alkanes) is 1. The Bertz CT molecular complexity index is 65.9. The van der Waals surface area contributed by atoms with Crippen LogP contribution in [0.2, 0.25) is 0 Å². The first-order valence-corrected chi connectivity index (χ1v) is 3.69. The van der Waals surface area contributed by atoms with Crippen molar-refractivity contribution in [3.63, 3.8) is 0 Å². The van der Waals surface area contributed by atoms with Crippen molar-refractivity contribution in [2.75, 3.05) is 13.2 Å². The highest BCUT2D eigenvalue weighted by atomic mass is 16.6. The average molecular weight is 147 g/mol. The quantitative estimate of drug-likeness (QED) is 0.449. The van der Waals surface area contributed by atoms with E-state index in [0.717, 1.165) is 12.8 Å². The first-order valence-electron chi connectivity index (χ1n) is 3.69. The van der Waals surface area contributed by atoms with Crippen LogP contribution in [0.4, 0.5) is 0 Å². The fourth-order valence-corrected chi connectivity index (χ4v) is 0.548. The summed E-state index contributed by atoms with van der Waals surface area (Å²) >= 11 is 0. The molecule has 1 atom stereocenters. The Labute approximate surface area is 61.6 Å². The van der Waals surface area contributed by atoms with Crippen molar-refractivity contribution in [2.45, 2.75) is 32.5 Å². The van der Waals surface area contributed by atoms with Gasteiger partial charge in [0.05, 0.1) is 6.61 Å². The van der Waals surface area contributed by atoms with Crippen LogP contribution in [0.5, 0.6) is 0 Å². The fourth-order valence-electron chi connectivity index (χ4n) is 0.548. The van der Waals surface area contributed by atoms with Crippen molar-refractivity contribution in [1.82, 2.24) is 0 Å². The lowest BCUT2D eigenvalue weighted by Gasteiger charge is -2.08. The summed E-state index contributed by atoms with van der Waals surface area (Å²) in [5.74, 6) is 0. The topological polar surface area (TPSA) is 49.4 Å². The number of aliphatic hydroxyl groups excluding tert-OH is 1. The molecule has 0 fully saturated rings. The van der Waals surface area contributed by atoms with Crippen molar-refractivity contribution in [1.29, 1.82) is 0 Å². The standard InChI is InChI=1S/C7H15O3/c1-2-3-6-10-7(9)4-5-8/h7,9H,2-6H2,1H3. The second-order valence-electron chi connectivity index (χ2n) is 2.17. The Morgan fingerprint density at radius 3 is 2.80 bits per heavy atom. The second-order valence-corrected chi connectivity index (χ2v) is 2.17. The van der Waals surface area contributed by atoms with E-state index >= 15 is 0 Å². The molecule has 1 unspecified atom stereocenters. The second kappa shape index (κ2) is 6.99. The van der Waals surface area contributed by atoms with Gasteiger partial charge in [-0.05, 0) is 6.42 Å². The maximum atomic E-state index is 9.93. The van der Waals surface area contributed by atoms with E-state index in [1.807, 2.05) is 6.92 Å². The Morgan fingerprint density at radius 2 is 2.30 bits per heavy atom. The summed E-state index contributed by atoms with van der Waals surface area (Å²) in [5, 5.41) is 18.8. The molecule has 1 radical (unpaired) electrons. The van der Waals surface area contributed by atoms with Crippen LogP contribution >= 0.6 is 0 Å². The monoisotopic (exact) mass is 147 g/mol. The maximum Gasteiger partial charge on any atom is 0.156 e. The van der Waals surface area contributed by atoms with Gasteiger partial charge in [-0.25, -0.2) is 5.11 Å². The van der Waals surface area contributed by atoms with Crippen molar-refractivity contribution in [2.24, 2.45) is 0 Å². The van der Waals surface area contributed by atoms with E-state index in [9.17, 15) is 5.11 Å². The molecule has 61 valence electrons. The molecule has 0 saturated heterocycles. The minimum absolute atomic E-state index is 0.198. The Morgan fingerprint density at radius 1 is 1.60 bits per heavy atom. The van der Waals surface area contributed by atoms with Crippen molar-refractivity contribution >= 4 is 0 Å². The SMILES string of the molecule is CCCCOC(O)CC[O]. The summed E-state index contributed by atoms with van der Waals surface area (Å²) in [5.41, 5.74) is 0. The van der Waals surface area contributed by atoms with Gasteiger partial charge in [-0.1, -0.05) is 13.3 Å². The smallest absolute Gasteiger partial charge is 0.156 e. The van der Waals surface area contributed by atoms with Gasteiger partial charge in [0.15, 0.2) is 6.29 Å². The zero-order valence-corrected chi connectivity index (χ0v) is 6.38. The van der Waals surface area contributed by atoms with Gasteiger partial charge >= 0.3 is 0 Å². The van der Waals surface area contributed by atoms with Gasteiger partial charge in [-0.2, -0.15) is 0 Å². The van der Waals surface area contributed by atoms with Crippen LogP contribution in [0, 0.1) is 0 Å². The van der Waals surface area contributed by atoms with E-state index in [0.29, 0.717) is 6.61 Å². The number of hydrogen-bond donors (Lipinski definition) is 1. The average Bonchev–Trinajstić information content (AvgIpc) is 1.89. The van der Waals surface area contributed by atoms with Gasteiger partial charge in [0, 0.05) is 13.0 Å². The third kappa shape index (κ3) is 6.01. The largest absolute Gasteiger partial charge is 0.368 e. The predicted molar refractivity (Wildman–Crippen MR) is 37.0 cm³/mol. The summed E-state index contributed by atoms with van der Waals surface area (Å²) < 4.78 is 4.88. The predicted octanol–water partition coefficient (Wildman–Crippen LogP) is 0.942. The molecule has 0 heterocycles. The van der Waals surface area contributed by atoms with E-state index in [1.54, 1.807) is 0 Å². The molecule has 3 heteroatoms. The van der Waals surface area contributed by atoms with Crippen molar-refractivity contribution < 1.29 is 14.9 Å². The summed E-state index contributed by atoms with van der Waals surface area (Å²) in [6, 6.07) is 0. The minimum atomic E-state index is -0.843. The summed E-state index contributed by atoms with van der Waals surface area (Å²) in [6.45, 7) is 2.33. The van der Waals surface area contributed by atoms with Crippen LogP contribution in [-0.2, 0) is 9.84 Å². The van der Waals surface area contributed by atoms with E-state index < -0.39 is 6.29 Å². The molecule has 3 nitrogen and oxygen atoms in total. The van der Waals surface area contributed by atoms with Crippen molar-refractivity contribution in [3.8, 4) is 0 Å². The fraction of sp³-hybridized carbons (Fsp3) is 1.00. The van der Waals surface area contributed by atoms with Crippen LogP contribution in [-0.4, -0.2) is 24.6 Å². The number of aliphatic hydroxyl groups is 1. The van der Waals surface area contributed by atoms with Gasteiger partial charge in [-0.3, -0.25) is 0 Å². The molecule has 0 rings (SSSR count). The number of rotatable bonds is 6. The normalized spacial score (nSPS) is 13.5. The molecule has 1 N–H and O–H groups in total. The Balaban J connectivity index is 2.97. The van der Waals surface area contributed by atoms with E-state index in [-0.39, 0.29) is 13.0 Å². The minimum Gasteiger partial charge on any atom is -0.368 e. The molecule has 0 aromatic rings. The van der Waals surface area contributed by atoms with Gasteiger partial charge in [0.1, 0.15) is 0 Å². The molecular formula is C7H15O3. The summed E-state index contributed by atoms with van der Waals surface area (Å²) in [6.07, 6.45) is 1.34. The number of hydrogen-bond acceptors (Lipinski definition) is 2. The summed E-state index contributed by atoms with van der Waals surface area (Å²) in [7, 11) is 0. The molecular weight excluding hydrogens is 132 g/mol. The third-order valence-electron chi connectivity index (χ3n) is 1.17. The Hall–Kier alpha value is -0.120. The Kier molecular flexibility index (Phi) is 6.91. The zero-order chi connectivity index (χ0) is 7.82. The molecule has 0 aliphatic heterocycles. The molecule has 0 amide bonds. The van der Waals surface area contributed by atoms with Crippen LogP contribution < -0.4 is 0 Å². The lowest BCUT2D eigenvalue weighted by Crippen LogP contribution is -2.13. The summed E-state index contributed by atoms with van der Waals surface area (Å²) in [4.78, 5) is 0. The molecule has 0 aliphatic rings. The first-order chi connectivity index (χ1) is 4.81. The number of ether oxygens (including phenoxy) is 1. The van der Waals surface area contributed by atoms with Crippen LogP contribution in [0.3, 0.4) is 0 Å². The molecule has 0 aromatic carbocycles. The van der Waals surface area contributed by atoms with Crippen LogP contribution in [0.25, 0.3) is 0 Å². The molecule has 0 aliphatic carbocycles. The molecule has 0 spiro atoms. The van der Waals surface area contributed by atoms with Gasteiger partial charge in [0.25, 0.3) is 0 Å². The maximum absolute atomic E-state index is 9.93. The lowest BCUT2D eigenvalue weighted by atomic mass is 10.3. The molecule has 0 bridgehead atoms. The van der Waals surface area contributed by atoms with Gasteiger partial charge in [-0.15, -0.1) is 0 Å². The molecule has 0 saturated carbocycles. The highest BCUT2D eigenvalue weighted by Crippen LogP contribution is 1.95. The van der Waals surface area contributed by atoms with Gasteiger partial charge in [0.2, 0.25) is 0 Å². The molecule has 0 aromatic heterocycles. The molecule has 10 heavy (non-hydrogen) atoms. The van der Waals surface area contributed by atoms with E-state index in [4.69, 9.17) is 9.84 Å². The van der Waals surface area contributed by atoms with Gasteiger partial charge < -0.3 is 9.84 Å². The van der Waals surface area contributed by atoms with E-state index in [1.165, 1.54) is 0 Å². The van der Waals surface area contributed by atoms with Crippen LogP contribution in [0.1, 0.15) is 26.2 Å². The third-order valence-corrected chi connectivity index (χ3v) is 1.17. The van der Waals surface area contributed by atoms with Crippen molar-refractivity contribution in [3.05, 3.63) is 0 Å². The highest BCUT2D eigenvalue weighted by molar-refractivity contribution is 4.39. The van der Waals surface area contributed by atoms with Crippen LogP contribution in [0.15, 0.2) is 0 Å².